The quantitative estimate of drug-likeness (QED) is 0.660. The Bertz CT molecular complexity index is 524. The zero-order chi connectivity index (χ0) is 15.6. The molecule has 1 aromatic rings. The number of hydrogen-bond acceptors (Lipinski definition) is 5. The minimum Gasteiger partial charge on any atom is -0.392 e. The maximum Gasteiger partial charge on any atom is 0.293 e. The molecule has 1 aliphatic heterocycles. The van der Waals surface area contributed by atoms with Crippen molar-refractivity contribution in [3.8, 4) is 0 Å². The van der Waals surface area contributed by atoms with Gasteiger partial charge in [-0.15, -0.1) is 0 Å². The largest absolute Gasteiger partial charge is 0.392 e. The molecule has 2 unspecified atom stereocenters. The van der Waals surface area contributed by atoms with Crippen LogP contribution in [-0.4, -0.2) is 53.3 Å². The van der Waals surface area contributed by atoms with Crippen molar-refractivity contribution >= 4 is 27.3 Å². The summed E-state index contributed by atoms with van der Waals surface area (Å²) in [7, 11) is 0. The molecule has 1 heterocycles. The number of β-amino-alcohol motifs (C(OH)–C–C–N with tert-alkyl or cyclic N) is 1. The first-order valence-electron chi connectivity index (χ1n) is 6.99. The molecule has 7 heteroatoms. The van der Waals surface area contributed by atoms with E-state index in [4.69, 9.17) is 0 Å². The lowest BCUT2D eigenvalue weighted by Gasteiger charge is -2.41. The van der Waals surface area contributed by atoms with Crippen LogP contribution in [0.5, 0.6) is 0 Å². The molecular formula is C14H20BrN3O3. The number of piperazine rings is 1. The average molecular weight is 358 g/mol. The van der Waals surface area contributed by atoms with Crippen LogP contribution in [0.25, 0.3) is 0 Å². The fraction of sp³-hybridized carbons (Fsp3) is 0.571. The molecule has 0 radical (unpaired) electrons. The summed E-state index contributed by atoms with van der Waals surface area (Å²) in [4.78, 5) is 15.2. The SMILES string of the molecule is CC(O)CN1CCN(c2ccc(Br)cc2[N+](=O)[O-])C(C)C1. The van der Waals surface area contributed by atoms with E-state index in [2.05, 4.69) is 32.7 Å². The number of nitro benzene ring substituents is 1. The summed E-state index contributed by atoms with van der Waals surface area (Å²) < 4.78 is 0.707. The molecular weight excluding hydrogens is 338 g/mol. The fourth-order valence-corrected chi connectivity index (χ4v) is 3.17. The third kappa shape index (κ3) is 3.93. The monoisotopic (exact) mass is 357 g/mol. The van der Waals surface area contributed by atoms with E-state index in [1.54, 1.807) is 19.1 Å². The van der Waals surface area contributed by atoms with Crippen LogP contribution in [0, 0.1) is 10.1 Å². The van der Waals surface area contributed by atoms with Crippen LogP contribution in [0.1, 0.15) is 13.8 Å². The van der Waals surface area contributed by atoms with Crippen LogP contribution < -0.4 is 4.90 Å². The van der Waals surface area contributed by atoms with Crippen LogP contribution in [0.15, 0.2) is 22.7 Å². The maximum absolute atomic E-state index is 11.2. The van der Waals surface area contributed by atoms with Gasteiger partial charge >= 0.3 is 0 Å². The summed E-state index contributed by atoms with van der Waals surface area (Å²) in [6, 6.07) is 5.34. The molecule has 0 saturated carbocycles. The molecule has 1 aliphatic rings. The van der Waals surface area contributed by atoms with Crippen molar-refractivity contribution in [2.75, 3.05) is 31.1 Å². The summed E-state index contributed by atoms with van der Waals surface area (Å²) >= 11 is 3.28. The lowest BCUT2D eigenvalue weighted by atomic mass is 10.1. The summed E-state index contributed by atoms with van der Waals surface area (Å²) in [6.07, 6.45) is -0.356. The average Bonchev–Trinajstić information content (AvgIpc) is 2.38. The highest BCUT2D eigenvalue weighted by molar-refractivity contribution is 9.10. The summed E-state index contributed by atoms with van der Waals surface area (Å²) in [6.45, 7) is 6.77. The topological polar surface area (TPSA) is 69.8 Å². The molecule has 2 atom stereocenters. The van der Waals surface area contributed by atoms with E-state index >= 15 is 0 Å². The fourth-order valence-electron chi connectivity index (χ4n) is 2.82. The smallest absolute Gasteiger partial charge is 0.293 e. The number of anilines is 1. The zero-order valence-corrected chi connectivity index (χ0v) is 13.8. The number of halogens is 1. The molecule has 6 nitrogen and oxygen atoms in total. The normalized spacial score (nSPS) is 21.3. The predicted molar refractivity (Wildman–Crippen MR) is 85.7 cm³/mol. The number of aliphatic hydroxyl groups excluding tert-OH is 1. The van der Waals surface area contributed by atoms with Gasteiger partial charge in [-0.3, -0.25) is 15.0 Å². The van der Waals surface area contributed by atoms with Gasteiger partial charge in [0.2, 0.25) is 0 Å². The number of rotatable bonds is 4. The van der Waals surface area contributed by atoms with Crippen LogP contribution >= 0.6 is 15.9 Å². The second-order valence-electron chi connectivity index (χ2n) is 5.54. The van der Waals surface area contributed by atoms with Gasteiger partial charge in [0.25, 0.3) is 5.69 Å². The number of nitrogens with zero attached hydrogens (tertiary/aromatic N) is 3. The molecule has 1 N–H and O–H groups in total. The van der Waals surface area contributed by atoms with E-state index < -0.39 is 0 Å². The number of aliphatic hydroxyl groups is 1. The van der Waals surface area contributed by atoms with Gasteiger partial charge in [-0.25, -0.2) is 0 Å². The number of benzene rings is 1. The van der Waals surface area contributed by atoms with Crippen LogP contribution in [-0.2, 0) is 0 Å². The maximum atomic E-state index is 11.2. The third-order valence-corrected chi connectivity index (χ3v) is 4.17. The van der Waals surface area contributed by atoms with E-state index in [1.165, 1.54) is 0 Å². The van der Waals surface area contributed by atoms with E-state index in [9.17, 15) is 15.2 Å². The third-order valence-electron chi connectivity index (χ3n) is 3.68. The second kappa shape index (κ2) is 6.72. The van der Waals surface area contributed by atoms with Crippen molar-refractivity contribution in [1.29, 1.82) is 0 Å². The second-order valence-corrected chi connectivity index (χ2v) is 6.46. The van der Waals surface area contributed by atoms with Gasteiger partial charge in [0, 0.05) is 42.8 Å². The molecule has 2 rings (SSSR count). The Hall–Kier alpha value is -1.18. The summed E-state index contributed by atoms with van der Waals surface area (Å²) in [5.41, 5.74) is 0.785. The van der Waals surface area contributed by atoms with Gasteiger partial charge in [0.1, 0.15) is 5.69 Å². The van der Waals surface area contributed by atoms with Crippen molar-refractivity contribution in [2.45, 2.75) is 26.0 Å². The van der Waals surface area contributed by atoms with Crippen molar-refractivity contribution in [2.24, 2.45) is 0 Å². The van der Waals surface area contributed by atoms with E-state index in [-0.39, 0.29) is 22.8 Å². The molecule has 0 aromatic heterocycles. The van der Waals surface area contributed by atoms with Gasteiger partial charge in [0.15, 0.2) is 0 Å². The van der Waals surface area contributed by atoms with Crippen LogP contribution in [0.3, 0.4) is 0 Å². The first-order valence-corrected chi connectivity index (χ1v) is 7.78. The van der Waals surface area contributed by atoms with Crippen molar-refractivity contribution in [3.05, 3.63) is 32.8 Å². The van der Waals surface area contributed by atoms with Crippen molar-refractivity contribution in [3.63, 3.8) is 0 Å². The highest BCUT2D eigenvalue weighted by Crippen LogP contribution is 2.33. The van der Waals surface area contributed by atoms with Gasteiger partial charge < -0.3 is 10.0 Å². The van der Waals surface area contributed by atoms with E-state index in [1.807, 2.05) is 6.07 Å². The molecule has 1 fully saturated rings. The minimum atomic E-state index is -0.356. The Labute approximate surface area is 132 Å². The number of hydrogen-bond donors (Lipinski definition) is 1. The Kier molecular flexibility index (Phi) is 5.18. The Morgan fingerprint density at radius 2 is 2.24 bits per heavy atom. The molecule has 21 heavy (non-hydrogen) atoms. The first-order chi connectivity index (χ1) is 9.88. The van der Waals surface area contributed by atoms with E-state index in [0.717, 1.165) is 19.6 Å². The van der Waals surface area contributed by atoms with E-state index in [0.29, 0.717) is 16.7 Å². The highest BCUT2D eigenvalue weighted by Gasteiger charge is 2.28. The number of nitro groups is 1. The predicted octanol–water partition coefficient (Wildman–Crippen LogP) is 2.25. The Morgan fingerprint density at radius 1 is 1.52 bits per heavy atom. The lowest BCUT2D eigenvalue weighted by Crippen LogP contribution is -2.53. The van der Waals surface area contributed by atoms with Gasteiger partial charge in [-0.1, -0.05) is 15.9 Å². The lowest BCUT2D eigenvalue weighted by molar-refractivity contribution is -0.384. The standard InChI is InChI=1S/C14H20BrN3O3/c1-10-8-16(9-11(2)19)5-6-17(10)13-4-3-12(15)7-14(13)18(20)21/h3-4,7,10-11,19H,5-6,8-9H2,1-2H3. The van der Waals surface area contributed by atoms with Crippen LogP contribution in [0.2, 0.25) is 0 Å². The highest BCUT2D eigenvalue weighted by atomic mass is 79.9. The molecule has 0 aliphatic carbocycles. The van der Waals surface area contributed by atoms with Crippen LogP contribution in [0.4, 0.5) is 11.4 Å². The van der Waals surface area contributed by atoms with Crippen molar-refractivity contribution < 1.29 is 10.0 Å². The first kappa shape index (κ1) is 16.2. The summed E-state index contributed by atoms with van der Waals surface area (Å²) in [5, 5.41) is 20.7. The molecule has 1 aromatic carbocycles. The molecule has 1 saturated heterocycles. The van der Waals surface area contributed by atoms with Gasteiger partial charge in [-0.05, 0) is 26.0 Å². The van der Waals surface area contributed by atoms with Gasteiger partial charge in [-0.2, -0.15) is 0 Å². The molecule has 0 amide bonds. The molecule has 0 spiro atoms. The summed E-state index contributed by atoms with van der Waals surface area (Å²) in [5.74, 6) is 0. The van der Waals surface area contributed by atoms with Gasteiger partial charge in [0.05, 0.1) is 11.0 Å². The van der Waals surface area contributed by atoms with Crippen molar-refractivity contribution in [1.82, 2.24) is 4.90 Å². The molecule has 0 bridgehead atoms. The Balaban J connectivity index is 2.18. The zero-order valence-electron chi connectivity index (χ0n) is 12.2. The molecule has 116 valence electrons. The Morgan fingerprint density at radius 3 is 2.81 bits per heavy atom. The minimum absolute atomic E-state index is 0.125.